The fourth-order valence-electron chi connectivity index (χ4n) is 9.32. The van der Waals surface area contributed by atoms with Crippen molar-refractivity contribution in [3.05, 3.63) is 60.8 Å². The molecule has 0 fully saturated rings. The molecule has 68 heavy (non-hydrogen) atoms. The number of unbranched alkanes of at least 4 members (excludes halogenated alkanes) is 41. The van der Waals surface area contributed by atoms with Crippen LogP contribution in [0.3, 0.4) is 0 Å². The van der Waals surface area contributed by atoms with Gasteiger partial charge in [0.25, 0.3) is 0 Å². The Kier molecular flexibility index (Phi) is 57.7. The van der Waals surface area contributed by atoms with Gasteiger partial charge in [0, 0.05) is 6.42 Å². The second kappa shape index (κ2) is 59.4. The van der Waals surface area contributed by atoms with Crippen molar-refractivity contribution < 1.29 is 15.0 Å². The zero-order valence-corrected chi connectivity index (χ0v) is 45.9. The highest BCUT2D eigenvalue weighted by atomic mass is 16.3. The lowest BCUT2D eigenvalue weighted by atomic mass is 10.0. The highest BCUT2D eigenvalue weighted by molar-refractivity contribution is 5.76. The van der Waals surface area contributed by atoms with Crippen molar-refractivity contribution >= 4 is 5.91 Å². The van der Waals surface area contributed by atoms with Crippen molar-refractivity contribution in [3.8, 4) is 0 Å². The number of carbonyl (C=O) groups is 1. The van der Waals surface area contributed by atoms with Gasteiger partial charge in [0.15, 0.2) is 0 Å². The highest BCUT2D eigenvalue weighted by Crippen LogP contribution is 2.17. The summed E-state index contributed by atoms with van der Waals surface area (Å²) in [6, 6.07) is -0.638. The minimum atomic E-state index is -0.861. The molecule has 0 aromatic rings. The van der Waals surface area contributed by atoms with Gasteiger partial charge < -0.3 is 15.5 Å². The number of rotatable bonds is 56. The SMILES string of the molecule is CCCCCCC/C=C\C/C=C\C/C=C\CCCCCCCCCCCCCCCCCCCCCCCCCCCCC(=O)NC(CO)C(O)/C=C/CC/C=C/CCCCCCCCCCC. The third-order valence-corrected chi connectivity index (χ3v) is 14.0. The predicted octanol–water partition coefficient (Wildman–Crippen LogP) is 20.4. The topological polar surface area (TPSA) is 69.6 Å². The highest BCUT2D eigenvalue weighted by Gasteiger charge is 2.18. The van der Waals surface area contributed by atoms with Crippen LogP contribution in [0.1, 0.15) is 322 Å². The summed E-state index contributed by atoms with van der Waals surface area (Å²) in [5.41, 5.74) is 0. The number of hydrogen-bond acceptors (Lipinski definition) is 3. The molecule has 0 aliphatic carbocycles. The van der Waals surface area contributed by atoms with E-state index in [1.54, 1.807) is 6.08 Å². The van der Waals surface area contributed by atoms with Gasteiger partial charge in [-0.05, 0) is 70.6 Å². The molecular weight excluding hydrogens is 831 g/mol. The number of nitrogens with one attached hydrogen (secondary N) is 1. The summed E-state index contributed by atoms with van der Waals surface area (Å²) < 4.78 is 0. The molecule has 0 saturated heterocycles. The fraction of sp³-hybridized carbons (Fsp3) is 0.828. The van der Waals surface area contributed by atoms with Crippen molar-refractivity contribution in [2.24, 2.45) is 0 Å². The number of allylic oxidation sites excluding steroid dienone is 9. The van der Waals surface area contributed by atoms with Gasteiger partial charge in [-0.15, -0.1) is 0 Å². The van der Waals surface area contributed by atoms with E-state index < -0.39 is 12.1 Å². The molecule has 4 nitrogen and oxygen atoms in total. The van der Waals surface area contributed by atoms with Crippen LogP contribution in [0.5, 0.6) is 0 Å². The fourth-order valence-corrected chi connectivity index (χ4v) is 9.32. The normalized spacial score (nSPS) is 13.2. The molecule has 0 saturated carbocycles. The third kappa shape index (κ3) is 55.0. The van der Waals surface area contributed by atoms with E-state index in [4.69, 9.17) is 0 Å². The standard InChI is InChI=1S/C64H119NO3/c1-3-5-7-9-11-13-15-17-19-20-21-22-23-24-25-26-27-28-29-30-31-32-33-34-35-36-37-38-39-40-41-42-43-44-46-48-50-52-54-56-58-60-64(68)65-62(61-66)63(67)59-57-55-53-51-49-47-45-18-16-14-12-10-8-6-4-2/h15,17,20-21,23-24,49,51,57,59,62-63,66-67H,3-14,16,18-19,22,25-48,50,52-56,58,60-61H2,1-2H3,(H,65,68)/b17-15-,21-20-,24-23-,51-49+,59-57+. The molecule has 2 unspecified atom stereocenters. The van der Waals surface area contributed by atoms with Crippen LogP contribution in [-0.4, -0.2) is 34.9 Å². The molecule has 4 heteroatoms. The van der Waals surface area contributed by atoms with E-state index in [9.17, 15) is 15.0 Å². The molecule has 0 heterocycles. The lowest BCUT2D eigenvalue weighted by Crippen LogP contribution is -2.45. The first kappa shape index (κ1) is 66.1. The Bertz CT molecular complexity index is 1120. The zero-order chi connectivity index (χ0) is 49.2. The Hall–Kier alpha value is -1.91. The van der Waals surface area contributed by atoms with E-state index in [0.717, 1.165) is 44.9 Å². The molecule has 0 spiro atoms. The van der Waals surface area contributed by atoms with Crippen LogP contribution in [0, 0.1) is 0 Å². The van der Waals surface area contributed by atoms with E-state index in [1.807, 2.05) is 6.08 Å². The maximum Gasteiger partial charge on any atom is 0.220 e. The van der Waals surface area contributed by atoms with Crippen LogP contribution >= 0.6 is 0 Å². The largest absolute Gasteiger partial charge is 0.394 e. The van der Waals surface area contributed by atoms with E-state index in [1.165, 1.54) is 257 Å². The van der Waals surface area contributed by atoms with Gasteiger partial charge in [0.05, 0.1) is 18.8 Å². The Morgan fingerprint density at radius 1 is 0.353 bits per heavy atom. The van der Waals surface area contributed by atoms with Gasteiger partial charge in [-0.1, -0.05) is 306 Å². The van der Waals surface area contributed by atoms with Gasteiger partial charge in [-0.3, -0.25) is 4.79 Å². The first-order valence-electron chi connectivity index (χ1n) is 30.5. The number of aliphatic hydroxyl groups excluding tert-OH is 2. The number of amides is 1. The van der Waals surface area contributed by atoms with Crippen LogP contribution in [0.15, 0.2) is 60.8 Å². The molecule has 0 bridgehead atoms. The van der Waals surface area contributed by atoms with E-state index >= 15 is 0 Å². The summed E-state index contributed by atoms with van der Waals surface area (Å²) in [6.45, 7) is 4.30. The zero-order valence-electron chi connectivity index (χ0n) is 45.9. The first-order chi connectivity index (χ1) is 33.7. The van der Waals surface area contributed by atoms with Crippen LogP contribution < -0.4 is 5.32 Å². The number of carbonyl (C=O) groups excluding carboxylic acids is 1. The Morgan fingerprint density at radius 2 is 0.618 bits per heavy atom. The minimum Gasteiger partial charge on any atom is -0.394 e. The van der Waals surface area contributed by atoms with Gasteiger partial charge in [0.1, 0.15) is 0 Å². The lowest BCUT2D eigenvalue weighted by molar-refractivity contribution is -0.123. The van der Waals surface area contributed by atoms with Gasteiger partial charge in [-0.2, -0.15) is 0 Å². The summed E-state index contributed by atoms with van der Waals surface area (Å²) in [5, 5.41) is 23.1. The molecule has 0 aliphatic heterocycles. The predicted molar refractivity (Wildman–Crippen MR) is 304 cm³/mol. The van der Waals surface area contributed by atoms with Crippen LogP contribution in [0.2, 0.25) is 0 Å². The molecular formula is C64H119NO3. The van der Waals surface area contributed by atoms with Crippen molar-refractivity contribution in [3.63, 3.8) is 0 Å². The molecule has 0 radical (unpaired) electrons. The summed E-state index contributed by atoms with van der Waals surface area (Å²) in [7, 11) is 0. The molecule has 2 atom stereocenters. The number of hydrogen-bond donors (Lipinski definition) is 3. The quantitative estimate of drug-likeness (QED) is 0.0420. The molecule has 0 aliphatic rings. The van der Waals surface area contributed by atoms with Crippen molar-refractivity contribution in [1.82, 2.24) is 5.32 Å². The maximum absolute atomic E-state index is 12.5. The summed E-state index contributed by atoms with van der Waals surface area (Å²) in [5.74, 6) is -0.0697. The van der Waals surface area contributed by atoms with Gasteiger partial charge in [-0.25, -0.2) is 0 Å². The average Bonchev–Trinajstić information content (AvgIpc) is 3.34. The summed E-state index contributed by atoms with van der Waals surface area (Å²) in [6.07, 6.45) is 84.2. The van der Waals surface area contributed by atoms with Crippen LogP contribution in [-0.2, 0) is 4.79 Å². The molecule has 3 N–H and O–H groups in total. The molecule has 0 rings (SSSR count). The van der Waals surface area contributed by atoms with E-state index in [-0.39, 0.29) is 12.5 Å². The maximum atomic E-state index is 12.5. The third-order valence-electron chi connectivity index (χ3n) is 14.0. The Labute approximate surface area is 426 Å². The smallest absolute Gasteiger partial charge is 0.220 e. The summed E-state index contributed by atoms with van der Waals surface area (Å²) in [4.78, 5) is 12.5. The van der Waals surface area contributed by atoms with E-state index in [2.05, 4.69) is 67.8 Å². The molecule has 1 amide bonds. The van der Waals surface area contributed by atoms with Crippen molar-refractivity contribution in [2.45, 2.75) is 334 Å². The van der Waals surface area contributed by atoms with Crippen LogP contribution in [0.25, 0.3) is 0 Å². The average molecular weight is 951 g/mol. The lowest BCUT2D eigenvalue weighted by Gasteiger charge is -2.19. The molecule has 0 aromatic heterocycles. The summed E-state index contributed by atoms with van der Waals surface area (Å²) >= 11 is 0. The van der Waals surface area contributed by atoms with Gasteiger partial charge in [0.2, 0.25) is 5.91 Å². The van der Waals surface area contributed by atoms with Gasteiger partial charge >= 0.3 is 0 Å². The minimum absolute atomic E-state index is 0.0697. The Morgan fingerprint density at radius 3 is 0.956 bits per heavy atom. The van der Waals surface area contributed by atoms with Crippen LogP contribution in [0.4, 0.5) is 0 Å². The monoisotopic (exact) mass is 950 g/mol. The first-order valence-corrected chi connectivity index (χ1v) is 30.5. The van der Waals surface area contributed by atoms with Crippen molar-refractivity contribution in [1.29, 1.82) is 0 Å². The van der Waals surface area contributed by atoms with E-state index in [0.29, 0.717) is 6.42 Å². The molecule has 398 valence electrons. The second-order valence-electron chi connectivity index (χ2n) is 20.8. The number of aliphatic hydroxyl groups is 2. The second-order valence-corrected chi connectivity index (χ2v) is 20.8. The van der Waals surface area contributed by atoms with Crippen molar-refractivity contribution in [2.75, 3.05) is 6.61 Å². The molecule has 0 aromatic carbocycles. The Balaban J connectivity index is 3.41.